The Balaban J connectivity index is 2.23. The van der Waals surface area contributed by atoms with E-state index in [0.717, 1.165) is 25.7 Å². The highest BCUT2D eigenvalue weighted by molar-refractivity contribution is 5.09. The van der Waals surface area contributed by atoms with Gasteiger partial charge >= 0.3 is 0 Å². The first-order chi connectivity index (χ1) is 7.38. The van der Waals surface area contributed by atoms with Crippen LogP contribution in [0.2, 0.25) is 0 Å². The highest BCUT2D eigenvalue weighted by Gasteiger charge is 2.60. The molecule has 0 aromatic heterocycles. The molecule has 0 aliphatic heterocycles. The van der Waals surface area contributed by atoms with E-state index in [-0.39, 0.29) is 29.0 Å². The van der Waals surface area contributed by atoms with Crippen molar-refractivity contribution in [2.45, 2.75) is 65.6 Å². The summed E-state index contributed by atoms with van der Waals surface area (Å²) in [5, 5.41) is 20.9. The third kappa shape index (κ3) is 1.46. The Morgan fingerprint density at radius 2 is 1.31 bits per heavy atom. The van der Waals surface area contributed by atoms with Crippen LogP contribution in [0.1, 0.15) is 53.4 Å². The van der Waals surface area contributed by atoms with E-state index in [1.165, 1.54) is 0 Å². The summed E-state index contributed by atoms with van der Waals surface area (Å²) in [5.74, 6) is 0.648. The molecular weight excluding hydrogens is 200 g/mol. The summed E-state index contributed by atoms with van der Waals surface area (Å²) in [5.41, 5.74) is 0.0662. The molecule has 2 heteroatoms. The van der Waals surface area contributed by atoms with Crippen molar-refractivity contribution in [1.82, 2.24) is 0 Å². The third-order valence-corrected chi connectivity index (χ3v) is 5.77. The quantitative estimate of drug-likeness (QED) is 0.760. The fourth-order valence-electron chi connectivity index (χ4n) is 4.11. The number of aliphatic hydroxyl groups excluding tert-OH is 2. The van der Waals surface area contributed by atoms with Gasteiger partial charge in [-0.3, -0.25) is 0 Å². The Kier molecular flexibility index (Phi) is 2.87. The molecule has 2 aliphatic carbocycles. The molecule has 4 atom stereocenters. The summed E-state index contributed by atoms with van der Waals surface area (Å²) in [4.78, 5) is 0. The van der Waals surface area contributed by atoms with Gasteiger partial charge in [0, 0.05) is 5.92 Å². The van der Waals surface area contributed by atoms with Crippen LogP contribution in [-0.2, 0) is 0 Å². The van der Waals surface area contributed by atoms with E-state index in [9.17, 15) is 10.2 Å². The largest absolute Gasteiger partial charge is 0.392 e. The van der Waals surface area contributed by atoms with Crippen LogP contribution in [0, 0.1) is 22.7 Å². The van der Waals surface area contributed by atoms with Gasteiger partial charge in [0.25, 0.3) is 0 Å². The summed E-state index contributed by atoms with van der Waals surface area (Å²) in [6.45, 7) is 8.64. The van der Waals surface area contributed by atoms with Gasteiger partial charge in [0.05, 0.1) is 12.2 Å². The van der Waals surface area contributed by atoms with Gasteiger partial charge in [0.1, 0.15) is 0 Å². The molecule has 2 nitrogen and oxygen atoms in total. The Bertz CT molecular complexity index is 252. The second kappa shape index (κ2) is 3.71. The first-order valence-electron chi connectivity index (χ1n) is 6.74. The number of rotatable bonds is 2. The maximum absolute atomic E-state index is 10.5. The van der Waals surface area contributed by atoms with Crippen LogP contribution in [0.25, 0.3) is 0 Å². The molecule has 0 amide bonds. The Morgan fingerprint density at radius 1 is 0.938 bits per heavy atom. The van der Waals surface area contributed by atoms with Crippen molar-refractivity contribution < 1.29 is 10.2 Å². The molecule has 2 saturated carbocycles. The van der Waals surface area contributed by atoms with E-state index in [1.54, 1.807) is 0 Å². The van der Waals surface area contributed by atoms with Gasteiger partial charge in [0.15, 0.2) is 0 Å². The van der Waals surface area contributed by atoms with Crippen LogP contribution in [0.3, 0.4) is 0 Å². The van der Waals surface area contributed by atoms with Gasteiger partial charge < -0.3 is 10.2 Å². The van der Waals surface area contributed by atoms with Crippen molar-refractivity contribution in [3.8, 4) is 0 Å². The molecule has 2 fully saturated rings. The van der Waals surface area contributed by atoms with Crippen LogP contribution in [0.5, 0.6) is 0 Å². The fourth-order valence-corrected chi connectivity index (χ4v) is 4.11. The van der Waals surface area contributed by atoms with Gasteiger partial charge in [-0.05, 0) is 42.4 Å². The van der Waals surface area contributed by atoms with Crippen LogP contribution in [0.15, 0.2) is 0 Å². The normalized spacial score (nSPS) is 56.6. The van der Waals surface area contributed by atoms with Crippen LogP contribution >= 0.6 is 0 Å². The number of hydrogen-bond acceptors (Lipinski definition) is 2. The van der Waals surface area contributed by atoms with Crippen LogP contribution < -0.4 is 0 Å². The smallest absolute Gasteiger partial charge is 0.0649 e. The maximum Gasteiger partial charge on any atom is 0.0649 e. The molecule has 0 spiro atoms. The first kappa shape index (κ1) is 12.4. The molecule has 0 saturated heterocycles. The summed E-state index contributed by atoms with van der Waals surface area (Å²) < 4.78 is 0. The molecule has 16 heavy (non-hydrogen) atoms. The lowest BCUT2D eigenvalue weighted by Crippen LogP contribution is -2.40. The second-order valence-electron chi connectivity index (χ2n) is 6.65. The minimum Gasteiger partial charge on any atom is -0.392 e. The standard InChI is InChI=1S/C14H26O2/c1-5-13(3)7-9-8-14(4,6-2)12(16)10(9)11(13)15/h9-12,15-16H,5-8H2,1-4H3/t9?,10?,11?,12?,13-,14-/m0/s1. The Hall–Kier alpha value is -0.0800. The molecule has 0 heterocycles. The van der Waals surface area contributed by atoms with E-state index in [1.807, 2.05) is 0 Å². The minimum absolute atomic E-state index is 0.0331. The lowest BCUT2D eigenvalue weighted by molar-refractivity contribution is -0.0465. The van der Waals surface area contributed by atoms with E-state index in [4.69, 9.17) is 0 Å². The van der Waals surface area contributed by atoms with Crippen molar-refractivity contribution in [3.05, 3.63) is 0 Å². The first-order valence-corrected chi connectivity index (χ1v) is 6.74. The molecule has 94 valence electrons. The van der Waals surface area contributed by atoms with Crippen LogP contribution in [0.4, 0.5) is 0 Å². The lowest BCUT2D eigenvalue weighted by Gasteiger charge is -2.35. The average molecular weight is 226 g/mol. The molecular formula is C14H26O2. The van der Waals surface area contributed by atoms with E-state index < -0.39 is 0 Å². The monoisotopic (exact) mass is 226 g/mol. The molecule has 0 aromatic rings. The zero-order chi connectivity index (χ0) is 12.1. The fraction of sp³-hybridized carbons (Fsp3) is 1.00. The van der Waals surface area contributed by atoms with Crippen molar-refractivity contribution in [2.24, 2.45) is 22.7 Å². The third-order valence-electron chi connectivity index (χ3n) is 5.77. The van der Waals surface area contributed by atoms with Gasteiger partial charge in [-0.1, -0.05) is 27.7 Å². The molecule has 0 radical (unpaired) electrons. The lowest BCUT2D eigenvalue weighted by atomic mass is 9.75. The van der Waals surface area contributed by atoms with Crippen LogP contribution in [-0.4, -0.2) is 22.4 Å². The van der Waals surface area contributed by atoms with Crippen molar-refractivity contribution in [2.75, 3.05) is 0 Å². The number of hydrogen-bond donors (Lipinski definition) is 2. The number of fused-ring (bicyclic) bond motifs is 1. The van der Waals surface area contributed by atoms with Gasteiger partial charge in [-0.2, -0.15) is 0 Å². The Morgan fingerprint density at radius 3 is 1.56 bits per heavy atom. The van der Waals surface area contributed by atoms with Gasteiger partial charge in [0.2, 0.25) is 0 Å². The second-order valence-corrected chi connectivity index (χ2v) is 6.65. The van der Waals surface area contributed by atoms with E-state index >= 15 is 0 Å². The van der Waals surface area contributed by atoms with Crippen molar-refractivity contribution in [3.63, 3.8) is 0 Å². The SMILES string of the molecule is CC[C@@]1(C)CC2C[C@](C)(CC)C(O)C2C1O. The van der Waals surface area contributed by atoms with Gasteiger partial charge in [-0.15, -0.1) is 0 Å². The maximum atomic E-state index is 10.5. The highest BCUT2D eigenvalue weighted by Crippen LogP contribution is 2.60. The zero-order valence-corrected chi connectivity index (χ0v) is 11.0. The summed E-state index contributed by atoms with van der Waals surface area (Å²) in [7, 11) is 0. The highest BCUT2D eigenvalue weighted by atomic mass is 16.3. The molecule has 0 aromatic carbocycles. The minimum atomic E-state index is -0.314. The van der Waals surface area contributed by atoms with Crippen molar-refractivity contribution in [1.29, 1.82) is 0 Å². The predicted octanol–water partition coefficient (Wildman–Crippen LogP) is 2.58. The average Bonchev–Trinajstić information content (AvgIpc) is 2.64. The molecule has 0 bridgehead atoms. The number of aliphatic hydroxyl groups is 2. The van der Waals surface area contributed by atoms with Crippen molar-refractivity contribution >= 4 is 0 Å². The predicted molar refractivity (Wildman–Crippen MR) is 65.0 cm³/mol. The summed E-state index contributed by atoms with van der Waals surface area (Å²) in [6, 6.07) is 0. The molecule has 2 unspecified atom stereocenters. The van der Waals surface area contributed by atoms with Gasteiger partial charge in [-0.25, -0.2) is 0 Å². The van der Waals surface area contributed by atoms with E-state index in [0.29, 0.717) is 5.92 Å². The summed E-state index contributed by atoms with van der Waals surface area (Å²) >= 11 is 0. The molecule has 2 aliphatic rings. The zero-order valence-electron chi connectivity index (χ0n) is 11.0. The summed E-state index contributed by atoms with van der Waals surface area (Å²) in [6.07, 6.45) is 3.56. The molecule has 2 rings (SSSR count). The molecule has 2 N–H and O–H groups in total. The Labute approximate surface area is 99.1 Å². The van der Waals surface area contributed by atoms with E-state index in [2.05, 4.69) is 27.7 Å². The topological polar surface area (TPSA) is 40.5 Å².